The molecule has 0 aromatic rings. The molecule has 0 fully saturated rings. The number of hydrogen-bond donors (Lipinski definition) is 5. The zero-order valence-electron chi connectivity index (χ0n) is 16.4. The van der Waals surface area contributed by atoms with Crippen molar-refractivity contribution in [3.63, 3.8) is 0 Å². The smallest absolute Gasteiger partial charge is 0.325 e. The fourth-order valence-electron chi connectivity index (χ4n) is 2.58. The minimum atomic E-state index is -1.89. The van der Waals surface area contributed by atoms with Crippen LogP contribution in [0.3, 0.4) is 0 Å². The lowest BCUT2D eigenvalue weighted by atomic mass is 10.1. The highest BCUT2D eigenvalue weighted by Crippen LogP contribution is 2.09. The van der Waals surface area contributed by atoms with Gasteiger partial charge in [0.15, 0.2) is 6.10 Å². The molecule has 0 aliphatic heterocycles. The first-order chi connectivity index (χ1) is 12.9. The molecule has 27 heavy (non-hydrogen) atoms. The Balaban J connectivity index is 3.69. The number of rotatable bonds is 17. The van der Waals surface area contributed by atoms with Gasteiger partial charge in [-0.15, -0.1) is 0 Å². The molecular formula is C19H37NO7. The summed E-state index contributed by atoms with van der Waals surface area (Å²) in [6.07, 6.45) is 5.18. The summed E-state index contributed by atoms with van der Waals surface area (Å²) in [5.41, 5.74) is 0. The standard InChI is InChI=1S/C19H37NO7/c1-2-3-4-5-6-7-8-9-10-13-27-16(23)14-20-19(26)18(25)17(24)15(22)11-12-21/h15,17-18,21-22,24-25H,2-14H2,1H3,(H,20,26)/t15-,17+,18-/m1/s1. The van der Waals surface area contributed by atoms with Crippen molar-refractivity contribution in [3.05, 3.63) is 0 Å². The molecule has 5 N–H and O–H groups in total. The average molecular weight is 392 g/mol. The highest BCUT2D eigenvalue weighted by molar-refractivity contribution is 5.85. The Labute approximate surface area is 161 Å². The molecule has 0 unspecified atom stereocenters. The quantitative estimate of drug-likeness (QED) is 0.181. The minimum absolute atomic E-state index is 0.174. The zero-order chi connectivity index (χ0) is 20.5. The van der Waals surface area contributed by atoms with Crippen LogP contribution in [0.25, 0.3) is 0 Å². The lowest BCUT2D eigenvalue weighted by molar-refractivity contribution is -0.148. The SMILES string of the molecule is CCCCCCCCCCCOC(=O)CNC(=O)[C@H](O)[C@@H](O)[C@H](O)CCO. The Morgan fingerprint density at radius 2 is 1.48 bits per heavy atom. The van der Waals surface area contributed by atoms with E-state index in [-0.39, 0.29) is 13.0 Å². The summed E-state index contributed by atoms with van der Waals surface area (Å²) in [6.45, 7) is 1.67. The summed E-state index contributed by atoms with van der Waals surface area (Å²) in [5.74, 6) is -1.61. The molecule has 0 bridgehead atoms. The van der Waals surface area contributed by atoms with E-state index in [4.69, 9.17) is 9.84 Å². The maximum atomic E-state index is 11.6. The molecule has 160 valence electrons. The summed E-state index contributed by atoms with van der Waals surface area (Å²) in [7, 11) is 0. The van der Waals surface area contributed by atoms with E-state index < -0.39 is 43.3 Å². The van der Waals surface area contributed by atoms with Gasteiger partial charge in [0.1, 0.15) is 12.6 Å². The number of aliphatic hydroxyl groups excluding tert-OH is 4. The number of ether oxygens (including phenoxy) is 1. The number of carbonyl (C=O) groups excluding carboxylic acids is 2. The largest absolute Gasteiger partial charge is 0.464 e. The molecule has 3 atom stereocenters. The van der Waals surface area contributed by atoms with Crippen molar-refractivity contribution < 1.29 is 34.8 Å². The fraction of sp³-hybridized carbons (Fsp3) is 0.895. The molecule has 8 nitrogen and oxygen atoms in total. The van der Waals surface area contributed by atoms with Gasteiger partial charge in [-0.05, 0) is 12.8 Å². The third kappa shape index (κ3) is 13.6. The predicted molar refractivity (Wildman–Crippen MR) is 101 cm³/mol. The van der Waals surface area contributed by atoms with E-state index in [0.717, 1.165) is 19.3 Å². The van der Waals surface area contributed by atoms with Crippen LogP contribution in [0.2, 0.25) is 0 Å². The highest BCUT2D eigenvalue weighted by atomic mass is 16.5. The van der Waals surface area contributed by atoms with E-state index in [1.165, 1.54) is 38.5 Å². The molecule has 1 amide bonds. The molecule has 0 spiro atoms. The number of esters is 1. The van der Waals surface area contributed by atoms with Crippen molar-refractivity contribution in [2.75, 3.05) is 19.8 Å². The second-order valence-corrected chi connectivity index (χ2v) is 6.78. The average Bonchev–Trinajstić information content (AvgIpc) is 2.66. The lowest BCUT2D eigenvalue weighted by Gasteiger charge is -2.21. The van der Waals surface area contributed by atoms with Gasteiger partial charge in [0.25, 0.3) is 5.91 Å². The Kier molecular flexibility index (Phi) is 16.2. The first-order valence-electron chi connectivity index (χ1n) is 10.0. The van der Waals surface area contributed by atoms with Crippen molar-refractivity contribution in [2.24, 2.45) is 0 Å². The van der Waals surface area contributed by atoms with Crippen LogP contribution in [0.1, 0.15) is 71.1 Å². The number of hydrogen-bond acceptors (Lipinski definition) is 7. The molecule has 0 aliphatic rings. The Bertz CT molecular complexity index is 392. The third-order valence-corrected chi connectivity index (χ3v) is 4.33. The first kappa shape index (κ1) is 25.8. The van der Waals surface area contributed by atoms with Crippen LogP contribution >= 0.6 is 0 Å². The number of carbonyl (C=O) groups is 2. The summed E-state index contributed by atoms with van der Waals surface area (Å²) < 4.78 is 5.00. The zero-order valence-corrected chi connectivity index (χ0v) is 16.4. The van der Waals surface area contributed by atoms with E-state index >= 15 is 0 Å². The molecule has 0 aromatic heterocycles. The molecular weight excluding hydrogens is 354 g/mol. The van der Waals surface area contributed by atoms with E-state index in [0.29, 0.717) is 0 Å². The van der Waals surface area contributed by atoms with Gasteiger partial charge in [-0.25, -0.2) is 0 Å². The minimum Gasteiger partial charge on any atom is -0.464 e. The van der Waals surface area contributed by atoms with Crippen molar-refractivity contribution in [3.8, 4) is 0 Å². The third-order valence-electron chi connectivity index (χ3n) is 4.33. The normalized spacial score (nSPS) is 14.4. The number of amides is 1. The maximum absolute atomic E-state index is 11.6. The maximum Gasteiger partial charge on any atom is 0.325 e. The van der Waals surface area contributed by atoms with Crippen molar-refractivity contribution in [1.82, 2.24) is 5.32 Å². The van der Waals surface area contributed by atoms with Crippen molar-refractivity contribution in [2.45, 2.75) is 89.4 Å². The fourth-order valence-corrected chi connectivity index (χ4v) is 2.58. The molecule has 8 heteroatoms. The highest BCUT2D eigenvalue weighted by Gasteiger charge is 2.30. The molecule has 0 heterocycles. The van der Waals surface area contributed by atoms with Crippen LogP contribution in [0, 0.1) is 0 Å². The van der Waals surface area contributed by atoms with Gasteiger partial charge in [0, 0.05) is 6.61 Å². The Morgan fingerprint density at radius 1 is 0.926 bits per heavy atom. The van der Waals surface area contributed by atoms with Crippen molar-refractivity contribution in [1.29, 1.82) is 0 Å². The van der Waals surface area contributed by atoms with E-state index in [2.05, 4.69) is 12.2 Å². The van der Waals surface area contributed by atoms with E-state index in [1.54, 1.807) is 0 Å². The van der Waals surface area contributed by atoms with E-state index in [9.17, 15) is 24.9 Å². The van der Waals surface area contributed by atoms with Gasteiger partial charge in [0.2, 0.25) is 0 Å². The van der Waals surface area contributed by atoms with Gasteiger partial charge in [-0.3, -0.25) is 9.59 Å². The topological polar surface area (TPSA) is 136 Å². The second-order valence-electron chi connectivity index (χ2n) is 6.78. The van der Waals surface area contributed by atoms with Gasteiger partial charge < -0.3 is 30.5 Å². The van der Waals surface area contributed by atoms with Crippen LogP contribution in [-0.4, -0.2) is 70.4 Å². The number of nitrogens with one attached hydrogen (secondary N) is 1. The molecule has 0 aliphatic carbocycles. The van der Waals surface area contributed by atoms with Gasteiger partial charge >= 0.3 is 5.97 Å². The number of aliphatic hydroxyl groups is 4. The van der Waals surface area contributed by atoms with Gasteiger partial charge in [0.05, 0.1) is 12.7 Å². The summed E-state index contributed by atoms with van der Waals surface area (Å²) in [5, 5.41) is 39.4. The van der Waals surface area contributed by atoms with Crippen LogP contribution in [0.5, 0.6) is 0 Å². The molecule has 0 radical (unpaired) electrons. The van der Waals surface area contributed by atoms with Crippen molar-refractivity contribution >= 4 is 11.9 Å². The first-order valence-corrected chi connectivity index (χ1v) is 10.0. The van der Waals surface area contributed by atoms with Crippen LogP contribution in [0.15, 0.2) is 0 Å². The summed E-state index contributed by atoms with van der Waals surface area (Å²) in [4.78, 5) is 23.2. The second kappa shape index (κ2) is 16.9. The lowest BCUT2D eigenvalue weighted by Crippen LogP contribution is -2.48. The van der Waals surface area contributed by atoms with Crippen LogP contribution < -0.4 is 5.32 Å². The van der Waals surface area contributed by atoms with Gasteiger partial charge in [-0.1, -0.05) is 58.3 Å². The molecule has 0 saturated carbocycles. The molecule has 0 saturated heterocycles. The van der Waals surface area contributed by atoms with Crippen LogP contribution in [-0.2, 0) is 14.3 Å². The Morgan fingerprint density at radius 3 is 2.04 bits per heavy atom. The monoisotopic (exact) mass is 391 g/mol. The Hall–Kier alpha value is -1.22. The predicted octanol–water partition coefficient (Wildman–Crippen LogP) is 0.642. The number of unbranched alkanes of at least 4 members (excludes halogenated alkanes) is 8. The van der Waals surface area contributed by atoms with Gasteiger partial charge in [-0.2, -0.15) is 0 Å². The summed E-state index contributed by atoms with van der Waals surface area (Å²) in [6, 6.07) is 0. The molecule has 0 rings (SSSR count). The van der Waals surface area contributed by atoms with E-state index in [1.807, 2.05) is 0 Å². The summed E-state index contributed by atoms with van der Waals surface area (Å²) >= 11 is 0. The molecule has 0 aromatic carbocycles. The van der Waals surface area contributed by atoms with Crippen LogP contribution in [0.4, 0.5) is 0 Å².